The Hall–Kier alpha value is -2.73. The summed E-state index contributed by atoms with van der Waals surface area (Å²) in [6, 6.07) is 3.92. The van der Waals surface area contributed by atoms with Crippen LogP contribution in [0.25, 0.3) is 0 Å². The van der Waals surface area contributed by atoms with Gasteiger partial charge in [-0.25, -0.2) is 0 Å². The van der Waals surface area contributed by atoms with Crippen LogP contribution in [0.4, 0.5) is 0 Å². The Morgan fingerprint density at radius 3 is 2.49 bits per heavy atom. The molecule has 0 bridgehead atoms. The second-order valence-electron chi connectivity index (χ2n) is 9.92. The van der Waals surface area contributed by atoms with Crippen LogP contribution in [0.15, 0.2) is 41.5 Å². The van der Waals surface area contributed by atoms with Gasteiger partial charge in [0.2, 0.25) is 5.78 Å². The number of ether oxygens (including phenoxy) is 2. The van der Waals surface area contributed by atoms with E-state index in [2.05, 4.69) is 0 Å². The number of benzene rings is 1. The van der Waals surface area contributed by atoms with Gasteiger partial charge in [0.25, 0.3) is 0 Å². The van der Waals surface area contributed by atoms with Crippen LogP contribution in [0.2, 0.25) is 0 Å². The molecule has 1 aromatic carbocycles. The first-order valence-corrected chi connectivity index (χ1v) is 11.4. The summed E-state index contributed by atoms with van der Waals surface area (Å²) in [7, 11) is 0. The van der Waals surface area contributed by atoms with Crippen molar-refractivity contribution in [3.05, 3.63) is 52.6 Å². The van der Waals surface area contributed by atoms with E-state index in [1.165, 1.54) is 31.2 Å². The second-order valence-corrected chi connectivity index (χ2v) is 9.92. The molecule has 2 fully saturated rings. The third-order valence-corrected chi connectivity index (χ3v) is 7.47. The van der Waals surface area contributed by atoms with Crippen molar-refractivity contribution in [1.82, 2.24) is 0 Å². The van der Waals surface area contributed by atoms with Gasteiger partial charge in [-0.05, 0) is 32.4 Å². The van der Waals surface area contributed by atoms with Crippen molar-refractivity contribution in [2.75, 3.05) is 0 Å². The molecule has 1 aromatic rings. The Labute approximate surface area is 200 Å². The quantitative estimate of drug-likeness (QED) is 0.386. The number of allylic oxidation sites excluding steroid dienone is 2. The van der Waals surface area contributed by atoms with E-state index in [4.69, 9.17) is 9.47 Å². The lowest BCUT2D eigenvalue weighted by atomic mass is 9.56. The topological polar surface area (TPSA) is 171 Å². The molecule has 5 N–H and O–H groups in total. The van der Waals surface area contributed by atoms with Crippen molar-refractivity contribution >= 4 is 17.3 Å². The number of aliphatic hydroxyl groups excluding tert-OH is 2. The first-order chi connectivity index (χ1) is 16.3. The summed E-state index contributed by atoms with van der Waals surface area (Å²) in [5, 5.41) is 53.6. The number of ketones is 3. The third-order valence-electron chi connectivity index (χ3n) is 7.47. The molecule has 10 nitrogen and oxygen atoms in total. The maximum atomic E-state index is 13.8. The van der Waals surface area contributed by atoms with Crippen LogP contribution < -0.4 is 0 Å². The fourth-order valence-corrected chi connectivity index (χ4v) is 5.62. The Morgan fingerprint density at radius 2 is 1.80 bits per heavy atom. The largest absolute Gasteiger partial charge is 0.507 e. The lowest BCUT2D eigenvalue weighted by Gasteiger charge is -2.56. The number of phenolic OH excluding ortho intramolecular Hbond substituents is 1. The van der Waals surface area contributed by atoms with E-state index < -0.39 is 76.5 Å². The van der Waals surface area contributed by atoms with Crippen molar-refractivity contribution in [2.24, 2.45) is 0 Å². The highest BCUT2D eigenvalue weighted by molar-refractivity contribution is 6.32. The maximum absolute atomic E-state index is 13.8. The molecular weight excluding hydrogens is 460 g/mol. The molecule has 1 saturated carbocycles. The summed E-state index contributed by atoms with van der Waals surface area (Å²) in [5.74, 6) is -3.24. The summed E-state index contributed by atoms with van der Waals surface area (Å²) in [6.07, 6.45) is -2.75. The van der Waals surface area contributed by atoms with E-state index in [9.17, 15) is 39.9 Å². The average Bonchev–Trinajstić information content (AvgIpc) is 2.79. The van der Waals surface area contributed by atoms with Crippen LogP contribution in [0.3, 0.4) is 0 Å². The number of carbonyl (C=O) groups excluding carboxylic acids is 3. The second kappa shape index (κ2) is 7.63. The van der Waals surface area contributed by atoms with Gasteiger partial charge in [0.1, 0.15) is 17.5 Å². The van der Waals surface area contributed by atoms with Crippen LogP contribution in [0, 0.1) is 0 Å². The maximum Gasteiger partial charge on any atom is 0.204 e. The van der Waals surface area contributed by atoms with Gasteiger partial charge in [-0.3, -0.25) is 14.4 Å². The van der Waals surface area contributed by atoms with Gasteiger partial charge in [0.05, 0.1) is 28.9 Å². The van der Waals surface area contributed by atoms with Crippen LogP contribution in [0.1, 0.15) is 53.8 Å². The van der Waals surface area contributed by atoms with Crippen LogP contribution in [0.5, 0.6) is 5.75 Å². The van der Waals surface area contributed by atoms with Crippen LogP contribution in [-0.4, -0.2) is 84.3 Å². The Morgan fingerprint density at radius 1 is 1.09 bits per heavy atom. The third kappa shape index (κ3) is 3.15. The summed E-state index contributed by atoms with van der Waals surface area (Å²) < 4.78 is 11.8. The van der Waals surface area contributed by atoms with Gasteiger partial charge >= 0.3 is 0 Å². The molecule has 0 aromatic heterocycles. The molecule has 35 heavy (non-hydrogen) atoms. The predicted octanol–water partition coefficient (Wildman–Crippen LogP) is 0.0947. The van der Waals surface area contributed by atoms with Crippen molar-refractivity contribution in [3.8, 4) is 5.75 Å². The number of aliphatic hydroxyl groups is 4. The molecule has 0 amide bonds. The molecule has 7 atom stereocenters. The highest BCUT2D eigenvalue weighted by Gasteiger charge is 2.71. The van der Waals surface area contributed by atoms with Crippen LogP contribution >= 0.6 is 0 Å². The molecule has 186 valence electrons. The van der Waals surface area contributed by atoms with Gasteiger partial charge in [-0.1, -0.05) is 18.2 Å². The number of hydrogen-bond acceptors (Lipinski definition) is 10. The lowest BCUT2D eigenvalue weighted by Crippen LogP contribution is -2.75. The fourth-order valence-electron chi connectivity index (χ4n) is 5.62. The van der Waals surface area contributed by atoms with Gasteiger partial charge < -0.3 is 35.0 Å². The number of hydrogen-bond donors (Lipinski definition) is 5. The van der Waals surface area contributed by atoms with Gasteiger partial charge in [-0.2, -0.15) is 0 Å². The highest BCUT2D eigenvalue weighted by Crippen LogP contribution is 2.54. The molecule has 3 aliphatic carbocycles. The normalized spacial score (nSPS) is 40.9. The zero-order valence-corrected chi connectivity index (χ0v) is 19.1. The Balaban J connectivity index is 1.74. The first kappa shape index (κ1) is 24.0. The molecule has 4 aliphatic rings. The Bertz CT molecular complexity index is 1210. The predicted molar refractivity (Wildman–Crippen MR) is 118 cm³/mol. The SMILES string of the molecule is C[C@H]1O[C@H](O[C@]23C(=O)[C@@H](O)[C@](C)(O)C[C@@]2(O)C=CC2=C3C(=O)c3cccc(O)c3C2=O)CC[C@H]1O. The van der Waals surface area contributed by atoms with Crippen molar-refractivity contribution in [3.63, 3.8) is 0 Å². The summed E-state index contributed by atoms with van der Waals surface area (Å²) in [5.41, 5.74) is -8.21. The smallest absolute Gasteiger partial charge is 0.204 e. The minimum absolute atomic E-state index is 0.0922. The van der Waals surface area contributed by atoms with E-state index in [-0.39, 0.29) is 29.5 Å². The molecule has 0 radical (unpaired) electrons. The van der Waals surface area contributed by atoms with E-state index in [1.54, 1.807) is 6.92 Å². The van der Waals surface area contributed by atoms with Crippen molar-refractivity contribution < 1.29 is 49.4 Å². The zero-order valence-electron chi connectivity index (χ0n) is 19.1. The molecule has 0 spiro atoms. The summed E-state index contributed by atoms with van der Waals surface area (Å²) in [4.78, 5) is 41.0. The molecule has 1 aliphatic heterocycles. The highest BCUT2D eigenvalue weighted by atomic mass is 16.7. The van der Waals surface area contributed by atoms with Gasteiger partial charge in [0.15, 0.2) is 23.5 Å². The minimum atomic E-state index is -2.60. The molecule has 5 rings (SSSR count). The number of Topliss-reactive ketones (excluding diaryl/α,β-unsaturated/α-hetero) is 3. The lowest BCUT2D eigenvalue weighted by molar-refractivity contribution is -0.289. The molecule has 1 heterocycles. The Kier molecular flexibility index (Phi) is 5.23. The molecule has 10 heteroatoms. The van der Waals surface area contributed by atoms with Crippen molar-refractivity contribution in [2.45, 2.75) is 74.5 Å². The standard InChI is InChI=1S/C25H26O10/c1-11-14(26)6-7-16(34-11)35-25-18-13(19(28)17-12(20(18)29)4-3-5-15(17)27)8-9-24(25,33)10-23(2,32)21(30)22(25)31/h3-5,8-9,11,14,16,21,26-27,30,32-33H,6-7,10H2,1-2H3/t11-,14-,16-,21-,23-,24+,25-/m1/s1. The number of carbonyl (C=O) groups is 3. The first-order valence-electron chi connectivity index (χ1n) is 11.4. The number of rotatable bonds is 2. The minimum Gasteiger partial charge on any atom is -0.507 e. The van der Waals surface area contributed by atoms with Crippen molar-refractivity contribution in [1.29, 1.82) is 0 Å². The van der Waals surface area contributed by atoms with Gasteiger partial charge in [0, 0.05) is 24.0 Å². The summed E-state index contributed by atoms with van der Waals surface area (Å²) in [6.45, 7) is 2.76. The number of phenols is 1. The molecule has 0 unspecified atom stereocenters. The molecule has 1 saturated heterocycles. The summed E-state index contributed by atoms with van der Waals surface area (Å²) >= 11 is 0. The van der Waals surface area contributed by atoms with E-state index in [0.29, 0.717) is 0 Å². The van der Waals surface area contributed by atoms with Gasteiger partial charge in [-0.15, -0.1) is 0 Å². The van der Waals surface area contributed by atoms with E-state index in [0.717, 1.165) is 6.08 Å². The monoisotopic (exact) mass is 486 g/mol. The average molecular weight is 486 g/mol. The number of fused-ring (bicyclic) bond motifs is 3. The molecular formula is C25H26O10. The van der Waals surface area contributed by atoms with E-state index in [1.807, 2.05) is 0 Å². The number of aromatic hydroxyl groups is 1. The van der Waals surface area contributed by atoms with E-state index >= 15 is 0 Å². The fraction of sp³-hybridized carbons (Fsp3) is 0.480. The van der Waals surface area contributed by atoms with Crippen LogP contribution in [-0.2, 0) is 14.3 Å². The zero-order chi connectivity index (χ0) is 25.5.